The highest BCUT2D eigenvalue weighted by Crippen LogP contribution is 2.56. The Labute approximate surface area is 135 Å². The Morgan fingerprint density at radius 1 is 1.27 bits per heavy atom. The van der Waals surface area contributed by atoms with Gasteiger partial charge < -0.3 is 9.84 Å². The second-order valence-electron chi connectivity index (χ2n) is 8.70. The zero-order valence-electron chi connectivity index (χ0n) is 14.7. The van der Waals surface area contributed by atoms with Crippen molar-refractivity contribution in [1.82, 2.24) is 0 Å². The molecule has 124 valence electrons. The van der Waals surface area contributed by atoms with E-state index in [9.17, 15) is 5.11 Å². The van der Waals surface area contributed by atoms with Crippen LogP contribution >= 0.6 is 0 Å². The number of fused-ring (bicyclic) bond motifs is 4. The highest BCUT2D eigenvalue weighted by atomic mass is 16.5. The molecule has 2 heterocycles. The molecule has 1 aliphatic carbocycles. The molecule has 0 amide bonds. The third kappa shape index (κ3) is 2.69. The van der Waals surface area contributed by atoms with E-state index in [2.05, 4.69) is 33.4 Å². The molecule has 0 spiro atoms. The zero-order valence-corrected chi connectivity index (χ0v) is 14.7. The van der Waals surface area contributed by atoms with Crippen molar-refractivity contribution in [1.29, 1.82) is 0 Å². The highest BCUT2D eigenvalue weighted by molar-refractivity contribution is 5.27. The molecule has 2 aliphatic heterocycles. The van der Waals surface area contributed by atoms with Crippen molar-refractivity contribution in [2.24, 2.45) is 17.3 Å². The molecule has 2 heteroatoms. The van der Waals surface area contributed by atoms with E-state index in [4.69, 9.17) is 4.74 Å². The van der Waals surface area contributed by atoms with E-state index in [1.807, 2.05) is 6.92 Å². The maximum atomic E-state index is 10.8. The molecule has 2 nitrogen and oxygen atoms in total. The first kappa shape index (κ1) is 16.3. The highest BCUT2D eigenvalue weighted by Gasteiger charge is 2.53. The summed E-state index contributed by atoms with van der Waals surface area (Å²) in [7, 11) is 0. The number of hydrogen-bond acceptors (Lipinski definition) is 2. The predicted molar refractivity (Wildman–Crippen MR) is 90.6 cm³/mol. The third-order valence-corrected chi connectivity index (χ3v) is 6.47. The maximum Gasteiger partial charge on any atom is 0.0699 e. The van der Waals surface area contributed by atoms with Crippen LogP contribution in [0.4, 0.5) is 0 Å². The molecule has 0 aromatic carbocycles. The second-order valence-corrected chi connectivity index (χ2v) is 8.70. The molecule has 0 radical (unpaired) electrons. The van der Waals surface area contributed by atoms with E-state index >= 15 is 0 Å². The van der Waals surface area contributed by atoms with Gasteiger partial charge >= 0.3 is 0 Å². The van der Waals surface area contributed by atoms with Crippen LogP contribution < -0.4 is 0 Å². The van der Waals surface area contributed by atoms with E-state index in [1.54, 1.807) is 5.57 Å². The van der Waals surface area contributed by atoms with Crippen molar-refractivity contribution in [2.45, 2.75) is 84.0 Å². The van der Waals surface area contributed by atoms with E-state index in [0.717, 1.165) is 38.5 Å². The van der Waals surface area contributed by atoms with Gasteiger partial charge in [-0.2, -0.15) is 0 Å². The van der Waals surface area contributed by atoms with Crippen molar-refractivity contribution in [3.05, 3.63) is 23.8 Å². The van der Waals surface area contributed by atoms with Gasteiger partial charge in [-0.15, -0.1) is 0 Å². The molecular formula is C20H32O2. The molecule has 1 N–H and O–H groups in total. The van der Waals surface area contributed by atoms with Crippen molar-refractivity contribution < 1.29 is 9.84 Å². The topological polar surface area (TPSA) is 29.5 Å². The summed E-state index contributed by atoms with van der Waals surface area (Å²) >= 11 is 0. The quantitative estimate of drug-likeness (QED) is 0.715. The van der Waals surface area contributed by atoms with Gasteiger partial charge in [0.2, 0.25) is 0 Å². The molecule has 2 bridgehead atoms. The number of rotatable bonds is 1. The Kier molecular flexibility index (Phi) is 4.06. The Balaban J connectivity index is 2.01. The fraction of sp³-hybridized carbons (Fsp3) is 0.800. The van der Waals surface area contributed by atoms with Crippen molar-refractivity contribution >= 4 is 0 Å². The van der Waals surface area contributed by atoms with Crippen LogP contribution in [-0.2, 0) is 4.74 Å². The van der Waals surface area contributed by atoms with Crippen LogP contribution in [0.5, 0.6) is 0 Å². The monoisotopic (exact) mass is 304 g/mol. The molecule has 0 aromatic heterocycles. The second kappa shape index (κ2) is 5.49. The SMILES string of the molecule is C=C1CCC2=CCC(C(C)C)C2(C)C2CC(C)(O)CC(C1)O2. The van der Waals surface area contributed by atoms with E-state index < -0.39 is 5.60 Å². The van der Waals surface area contributed by atoms with Gasteiger partial charge in [-0.05, 0) is 44.4 Å². The van der Waals surface area contributed by atoms with Crippen LogP contribution in [0.1, 0.15) is 66.2 Å². The molecule has 0 aromatic rings. The predicted octanol–water partition coefficient (Wildman–Crippen LogP) is 4.63. The van der Waals surface area contributed by atoms with Gasteiger partial charge in [-0.25, -0.2) is 0 Å². The lowest BCUT2D eigenvalue weighted by atomic mass is 9.63. The summed E-state index contributed by atoms with van der Waals surface area (Å²) in [5, 5.41) is 10.8. The van der Waals surface area contributed by atoms with Crippen LogP contribution in [-0.4, -0.2) is 22.9 Å². The Morgan fingerprint density at radius 2 is 2.00 bits per heavy atom. The van der Waals surface area contributed by atoms with E-state index in [-0.39, 0.29) is 17.6 Å². The summed E-state index contributed by atoms with van der Waals surface area (Å²) in [6.45, 7) is 13.3. The normalized spacial score (nSPS) is 45.8. The third-order valence-electron chi connectivity index (χ3n) is 6.47. The minimum atomic E-state index is -0.615. The van der Waals surface area contributed by atoms with Crippen molar-refractivity contribution in [3.63, 3.8) is 0 Å². The molecule has 0 saturated carbocycles. The van der Waals surface area contributed by atoms with Crippen LogP contribution in [0, 0.1) is 17.3 Å². The van der Waals surface area contributed by atoms with E-state index in [0.29, 0.717) is 11.8 Å². The molecule has 3 rings (SSSR count). The average molecular weight is 304 g/mol. The first-order valence-corrected chi connectivity index (χ1v) is 8.96. The Bertz CT molecular complexity index is 488. The summed E-state index contributed by atoms with van der Waals surface area (Å²) in [4.78, 5) is 0. The van der Waals surface area contributed by atoms with E-state index in [1.165, 1.54) is 5.57 Å². The summed E-state index contributed by atoms with van der Waals surface area (Å²) in [6, 6.07) is 0. The summed E-state index contributed by atoms with van der Waals surface area (Å²) in [5.41, 5.74) is 2.29. The summed E-state index contributed by atoms with van der Waals surface area (Å²) in [5.74, 6) is 1.25. The van der Waals surface area contributed by atoms with Crippen molar-refractivity contribution in [3.8, 4) is 0 Å². The molecule has 3 aliphatic rings. The van der Waals surface area contributed by atoms with Crippen molar-refractivity contribution in [2.75, 3.05) is 0 Å². The average Bonchev–Trinajstić information content (AvgIpc) is 2.73. The van der Waals surface area contributed by atoms with Gasteiger partial charge in [0.15, 0.2) is 0 Å². The number of allylic oxidation sites excluding steroid dienone is 1. The van der Waals surface area contributed by atoms with Crippen LogP contribution in [0.25, 0.3) is 0 Å². The summed E-state index contributed by atoms with van der Waals surface area (Å²) in [6.07, 6.45) is 8.47. The molecule has 2 saturated heterocycles. The minimum Gasteiger partial charge on any atom is -0.390 e. The number of ether oxygens (including phenoxy) is 1. The van der Waals surface area contributed by atoms with Gasteiger partial charge in [0, 0.05) is 18.3 Å². The number of aliphatic hydroxyl groups is 1. The van der Waals surface area contributed by atoms with Gasteiger partial charge in [0.25, 0.3) is 0 Å². The van der Waals surface area contributed by atoms with Gasteiger partial charge in [0.05, 0.1) is 17.8 Å². The lowest BCUT2D eigenvalue weighted by molar-refractivity contribution is -0.175. The van der Waals surface area contributed by atoms with Gasteiger partial charge in [-0.1, -0.05) is 44.6 Å². The molecule has 22 heavy (non-hydrogen) atoms. The molecule has 2 fully saturated rings. The standard InChI is InChI=1S/C20H32O2/c1-13(2)17-9-8-15-7-6-14(3)10-16-11-19(4,21)12-18(22-16)20(15,17)5/h8,13,16-18,21H,3,6-7,9-12H2,1-2,4-5H3. The Morgan fingerprint density at radius 3 is 2.68 bits per heavy atom. The first-order chi connectivity index (χ1) is 10.2. The number of hydrogen-bond donors (Lipinski definition) is 1. The first-order valence-electron chi connectivity index (χ1n) is 8.96. The lowest BCUT2D eigenvalue weighted by Crippen LogP contribution is -2.52. The smallest absolute Gasteiger partial charge is 0.0699 e. The van der Waals surface area contributed by atoms with Crippen LogP contribution in [0.2, 0.25) is 0 Å². The molecular weight excluding hydrogens is 272 g/mol. The fourth-order valence-electron chi connectivity index (χ4n) is 5.26. The zero-order chi connectivity index (χ0) is 16.1. The Hall–Kier alpha value is -0.600. The largest absolute Gasteiger partial charge is 0.390 e. The maximum absolute atomic E-state index is 10.8. The molecule has 5 unspecified atom stereocenters. The van der Waals surface area contributed by atoms with Gasteiger partial charge in [0.1, 0.15) is 0 Å². The van der Waals surface area contributed by atoms with Crippen LogP contribution in [0.3, 0.4) is 0 Å². The lowest BCUT2D eigenvalue weighted by Gasteiger charge is -2.49. The fourth-order valence-corrected chi connectivity index (χ4v) is 5.26. The summed E-state index contributed by atoms with van der Waals surface area (Å²) < 4.78 is 6.55. The van der Waals surface area contributed by atoms with Gasteiger partial charge in [-0.3, -0.25) is 0 Å². The molecule has 5 atom stereocenters. The van der Waals surface area contributed by atoms with Crippen LogP contribution in [0.15, 0.2) is 23.8 Å². The minimum absolute atomic E-state index is 0.0709.